The van der Waals surface area contributed by atoms with Crippen LogP contribution in [0.2, 0.25) is 0 Å². The van der Waals surface area contributed by atoms with Crippen molar-refractivity contribution in [3.63, 3.8) is 0 Å². The van der Waals surface area contributed by atoms with Crippen LogP contribution in [0.25, 0.3) is 0 Å². The molecule has 1 rings (SSSR count). The number of carbonyl (C=O) groups excluding carboxylic acids is 1. The van der Waals surface area contributed by atoms with E-state index in [0.717, 1.165) is 12.1 Å². The molecule has 0 aliphatic rings. The van der Waals surface area contributed by atoms with Crippen LogP contribution < -0.4 is 5.73 Å². The molecule has 0 aliphatic heterocycles. The van der Waals surface area contributed by atoms with E-state index in [1.165, 1.54) is 4.90 Å². The molecular formula is C13H18F2N2O2. The Kier molecular flexibility index (Phi) is 4.47. The largest absolute Gasteiger partial charge is 0.394 e. The van der Waals surface area contributed by atoms with Crippen LogP contribution in [0.3, 0.4) is 0 Å². The first kappa shape index (κ1) is 15.4. The van der Waals surface area contributed by atoms with Crippen LogP contribution in [-0.2, 0) is 0 Å². The number of carbonyl (C=O) groups is 1. The van der Waals surface area contributed by atoms with E-state index in [-0.39, 0.29) is 12.1 Å². The third-order valence-electron chi connectivity index (χ3n) is 2.57. The van der Waals surface area contributed by atoms with E-state index in [0.29, 0.717) is 6.54 Å². The Labute approximate surface area is 110 Å². The molecular weight excluding hydrogens is 254 g/mol. The Balaban J connectivity index is 3.05. The third-order valence-corrected chi connectivity index (χ3v) is 2.57. The van der Waals surface area contributed by atoms with E-state index in [4.69, 9.17) is 5.73 Å². The van der Waals surface area contributed by atoms with Gasteiger partial charge in [-0.2, -0.15) is 0 Å². The number of hydrogen-bond donors (Lipinski definition) is 2. The van der Waals surface area contributed by atoms with Gasteiger partial charge in [0.05, 0.1) is 5.60 Å². The Morgan fingerprint density at radius 3 is 2.21 bits per heavy atom. The highest BCUT2D eigenvalue weighted by atomic mass is 19.1. The molecule has 0 aromatic heterocycles. The normalized spacial score (nSPS) is 11.5. The average Bonchev–Trinajstić information content (AvgIpc) is 2.30. The summed E-state index contributed by atoms with van der Waals surface area (Å²) in [5.74, 6) is -2.49. The number of likely N-dealkylation sites (N-methyl/N-ethyl adjacent to an activating group) is 1. The van der Waals surface area contributed by atoms with Crippen molar-refractivity contribution in [1.82, 2.24) is 4.90 Å². The summed E-state index contributed by atoms with van der Waals surface area (Å²) in [4.78, 5) is 13.4. The van der Waals surface area contributed by atoms with Gasteiger partial charge in [-0.1, -0.05) is 0 Å². The molecule has 3 N–H and O–H groups in total. The molecule has 0 radical (unpaired) electrons. The third kappa shape index (κ3) is 3.89. The molecule has 19 heavy (non-hydrogen) atoms. The van der Waals surface area contributed by atoms with E-state index in [9.17, 15) is 18.7 Å². The number of nitrogens with two attached hydrogens (primary N) is 1. The van der Waals surface area contributed by atoms with E-state index in [1.54, 1.807) is 20.8 Å². The summed E-state index contributed by atoms with van der Waals surface area (Å²) in [5, 5.41) is 9.71. The molecule has 0 saturated heterocycles. The minimum Gasteiger partial charge on any atom is -0.394 e. The van der Waals surface area contributed by atoms with Gasteiger partial charge in [0.2, 0.25) is 0 Å². The van der Waals surface area contributed by atoms with E-state index >= 15 is 0 Å². The molecule has 0 saturated carbocycles. The van der Waals surface area contributed by atoms with E-state index < -0.39 is 28.8 Å². The number of halogens is 2. The lowest BCUT2D eigenvalue weighted by Gasteiger charge is -2.28. The maximum Gasteiger partial charge on any atom is 0.254 e. The molecule has 0 atom stereocenters. The smallest absolute Gasteiger partial charge is 0.254 e. The number of amides is 1. The number of nitrogens with zero attached hydrogens (tertiary/aromatic N) is 1. The van der Waals surface area contributed by atoms with Crippen molar-refractivity contribution in [1.29, 1.82) is 0 Å². The second-order valence-corrected chi connectivity index (χ2v) is 4.99. The molecule has 4 nitrogen and oxygen atoms in total. The van der Waals surface area contributed by atoms with Crippen LogP contribution in [0.4, 0.5) is 14.5 Å². The molecule has 0 spiro atoms. The fourth-order valence-corrected chi connectivity index (χ4v) is 1.68. The van der Waals surface area contributed by atoms with Gasteiger partial charge in [-0.05, 0) is 32.9 Å². The minimum absolute atomic E-state index is 0.0654. The van der Waals surface area contributed by atoms with Gasteiger partial charge < -0.3 is 15.7 Å². The van der Waals surface area contributed by atoms with Gasteiger partial charge in [-0.25, -0.2) is 8.78 Å². The van der Waals surface area contributed by atoms with Crippen LogP contribution in [0.1, 0.15) is 31.1 Å². The second kappa shape index (κ2) is 5.52. The van der Waals surface area contributed by atoms with Crippen molar-refractivity contribution < 1.29 is 18.7 Å². The lowest BCUT2D eigenvalue weighted by atomic mass is 10.1. The molecule has 0 heterocycles. The summed E-state index contributed by atoms with van der Waals surface area (Å²) in [7, 11) is 0. The molecule has 0 bridgehead atoms. The minimum atomic E-state index is -1.09. The standard InChI is InChI=1S/C13H18F2N2O2/c1-4-17(7-13(2,3)19)12(18)8-5-9(14)11(16)10(15)6-8/h5-6,19H,4,7,16H2,1-3H3. The lowest BCUT2D eigenvalue weighted by molar-refractivity contribution is 0.0314. The van der Waals surface area contributed by atoms with Crippen LogP contribution >= 0.6 is 0 Å². The quantitative estimate of drug-likeness (QED) is 0.821. The zero-order valence-corrected chi connectivity index (χ0v) is 11.2. The highest BCUT2D eigenvalue weighted by Gasteiger charge is 2.23. The van der Waals surface area contributed by atoms with Gasteiger partial charge in [0.25, 0.3) is 5.91 Å². The maximum absolute atomic E-state index is 13.3. The molecule has 0 unspecified atom stereocenters. The molecule has 106 valence electrons. The van der Waals surface area contributed by atoms with Gasteiger partial charge in [-0.15, -0.1) is 0 Å². The monoisotopic (exact) mass is 272 g/mol. The van der Waals surface area contributed by atoms with Gasteiger partial charge in [0.15, 0.2) is 0 Å². The summed E-state index contributed by atoms with van der Waals surface area (Å²) in [6, 6.07) is 1.79. The summed E-state index contributed by atoms with van der Waals surface area (Å²) in [6.07, 6.45) is 0. The first-order valence-corrected chi connectivity index (χ1v) is 5.92. The summed E-state index contributed by atoms with van der Waals surface area (Å²) in [6.45, 7) is 5.19. The topological polar surface area (TPSA) is 66.6 Å². The van der Waals surface area contributed by atoms with Crippen molar-refractivity contribution in [3.05, 3.63) is 29.3 Å². The zero-order chi connectivity index (χ0) is 14.8. The average molecular weight is 272 g/mol. The first-order chi connectivity index (χ1) is 8.65. The predicted molar refractivity (Wildman–Crippen MR) is 68.6 cm³/mol. The number of hydrogen-bond acceptors (Lipinski definition) is 3. The van der Waals surface area contributed by atoms with E-state index in [1.807, 2.05) is 0 Å². The number of anilines is 1. The molecule has 6 heteroatoms. The van der Waals surface area contributed by atoms with Gasteiger partial charge in [0.1, 0.15) is 17.3 Å². The number of aliphatic hydroxyl groups is 1. The van der Waals surface area contributed by atoms with Crippen LogP contribution in [-0.4, -0.2) is 34.6 Å². The molecule has 1 amide bonds. The van der Waals surface area contributed by atoms with Crippen molar-refractivity contribution >= 4 is 11.6 Å². The summed E-state index contributed by atoms with van der Waals surface area (Å²) in [5.41, 5.74) is 3.32. The summed E-state index contributed by atoms with van der Waals surface area (Å²) < 4.78 is 26.6. The van der Waals surface area contributed by atoms with Gasteiger partial charge in [-0.3, -0.25) is 4.79 Å². The fraction of sp³-hybridized carbons (Fsp3) is 0.462. The number of nitrogen functional groups attached to an aromatic ring is 1. The van der Waals surface area contributed by atoms with Crippen LogP contribution in [0.5, 0.6) is 0 Å². The Morgan fingerprint density at radius 2 is 1.84 bits per heavy atom. The van der Waals surface area contributed by atoms with Gasteiger partial charge >= 0.3 is 0 Å². The molecule has 0 aliphatic carbocycles. The molecule has 1 aromatic carbocycles. The lowest BCUT2D eigenvalue weighted by Crippen LogP contribution is -2.42. The Morgan fingerprint density at radius 1 is 1.37 bits per heavy atom. The van der Waals surface area contributed by atoms with Crippen molar-refractivity contribution in [2.75, 3.05) is 18.8 Å². The van der Waals surface area contributed by atoms with E-state index in [2.05, 4.69) is 0 Å². The van der Waals surface area contributed by atoms with Crippen molar-refractivity contribution in [3.8, 4) is 0 Å². The summed E-state index contributed by atoms with van der Waals surface area (Å²) >= 11 is 0. The SMILES string of the molecule is CCN(CC(C)(C)O)C(=O)c1cc(F)c(N)c(F)c1. The Bertz CT molecular complexity index is 461. The van der Waals surface area contributed by atoms with Crippen LogP contribution in [0.15, 0.2) is 12.1 Å². The first-order valence-electron chi connectivity index (χ1n) is 5.92. The predicted octanol–water partition coefficient (Wildman–Crippen LogP) is 1.78. The fourth-order valence-electron chi connectivity index (χ4n) is 1.68. The van der Waals surface area contributed by atoms with Crippen molar-refractivity contribution in [2.24, 2.45) is 0 Å². The highest BCUT2D eigenvalue weighted by Crippen LogP contribution is 2.19. The van der Waals surface area contributed by atoms with Gasteiger partial charge in [0, 0.05) is 18.7 Å². The van der Waals surface area contributed by atoms with Crippen LogP contribution in [0, 0.1) is 11.6 Å². The second-order valence-electron chi connectivity index (χ2n) is 4.99. The molecule has 1 aromatic rings. The zero-order valence-electron chi connectivity index (χ0n) is 11.2. The number of benzene rings is 1. The maximum atomic E-state index is 13.3. The highest BCUT2D eigenvalue weighted by molar-refractivity contribution is 5.94. The van der Waals surface area contributed by atoms with Crippen molar-refractivity contribution in [2.45, 2.75) is 26.4 Å². The Hall–Kier alpha value is -1.69. The number of rotatable bonds is 4. The molecule has 0 fully saturated rings.